The van der Waals surface area contributed by atoms with Gasteiger partial charge in [-0.3, -0.25) is 0 Å². The van der Waals surface area contributed by atoms with Crippen molar-refractivity contribution in [2.24, 2.45) is 0 Å². The van der Waals surface area contributed by atoms with E-state index in [0.29, 0.717) is 13.0 Å². The van der Waals surface area contributed by atoms with Crippen molar-refractivity contribution >= 4 is 24.3 Å². The maximum absolute atomic E-state index is 12.5. The summed E-state index contributed by atoms with van der Waals surface area (Å²) in [7, 11) is 0. The quantitative estimate of drug-likeness (QED) is 0.127. The summed E-state index contributed by atoms with van der Waals surface area (Å²) in [5.74, 6) is -0.105. The van der Waals surface area contributed by atoms with Crippen LogP contribution < -0.4 is 0 Å². The summed E-state index contributed by atoms with van der Waals surface area (Å²) in [6.45, 7) is 15.2. The van der Waals surface area contributed by atoms with Crippen molar-refractivity contribution in [1.82, 2.24) is 0 Å². The van der Waals surface area contributed by atoms with E-state index in [1.165, 1.54) is 51.8 Å². The Balaban J connectivity index is 5.67. The number of ether oxygens (including phenoxy) is 1. The molecule has 0 aliphatic rings. The molecule has 3 heteroatoms. The normalized spacial score (nSPS) is 12.3. The van der Waals surface area contributed by atoms with Gasteiger partial charge in [0, 0.05) is 0 Å². The van der Waals surface area contributed by atoms with Crippen molar-refractivity contribution in [3.05, 3.63) is 21.8 Å². The Labute approximate surface area is 155 Å². The number of allylic oxidation sites excluding steroid dienone is 1. The number of unbranched alkanes of at least 4 members (excludes halogenated alkanes) is 3. The van der Waals surface area contributed by atoms with E-state index in [0.717, 1.165) is 11.1 Å². The molecule has 0 aromatic heterocycles. The first-order valence-electron chi connectivity index (χ1n) is 9.97. The first-order valence-corrected chi connectivity index (χ1v) is 17.7. The first-order chi connectivity index (χ1) is 11.4. The SMILES string of the molecule is C=C(C)C/C(=[CH]/[Sn]([CH2]CCC)([CH2]CCC)[CH2]CCC)C(=O)OCC. The van der Waals surface area contributed by atoms with Gasteiger partial charge in [0.1, 0.15) is 0 Å². The number of carbonyl (C=O) groups is 1. The first kappa shape index (κ1) is 23.7. The third-order valence-electron chi connectivity index (χ3n) is 4.59. The number of hydrogen-bond donors (Lipinski definition) is 0. The average molecular weight is 443 g/mol. The summed E-state index contributed by atoms with van der Waals surface area (Å²) in [6.07, 6.45) is 8.36. The van der Waals surface area contributed by atoms with E-state index in [1.807, 2.05) is 13.8 Å². The van der Waals surface area contributed by atoms with Crippen molar-refractivity contribution in [1.29, 1.82) is 0 Å². The molecule has 0 fully saturated rings. The van der Waals surface area contributed by atoms with Crippen LogP contribution in [-0.2, 0) is 9.53 Å². The fraction of sp³-hybridized carbons (Fsp3) is 0.762. The van der Waals surface area contributed by atoms with E-state index in [-0.39, 0.29) is 5.97 Å². The van der Waals surface area contributed by atoms with Gasteiger partial charge in [-0.05, 0) is 0 Å². The second-order valence-electron chi connectivity index (χ2n) is 7.20. The molecule has 0 aliphatic heterocycles. The van der Waals surface area contributed by atoms with Crippen LogP contribution in [-0.4, -0.2) is 31.0 Å². The molecule has 0 unspecified atom stereocenters. The molecule has 0 bridgehead atoms. The zero-order chi connectivity index (χ0) is 18.4. The molecule has 2 nitrogen and oxygen atoms in total. The molecule has 140 valence electrons. The van der Waals surface area contributed by atoms with Gasteiger partial charge < -0.3 is 0 Å². The predicted molar refractivity (Wildman–Crippen MR) is 109 cm³/mol. The van der Waals surface area contributed by atoms with Gasteiger partial charge in [0.25, 0.3) is 0 Å². The van der Waals surface area contributed by atoms with E-state index in [9.17, 15) is 4.79 Å². The molecule has 0 amide bonds. The number of hydrogen-bond acceptors (Lipinski definition) is 2. The summed E-state index contributed by atoms with van der Waals surface area (Å²) in [4.78, 5) is 12.5. The van der Waals surface area contributed by atoms with Gasteiger partial charge in [-0.25, -0.2) is 0 Å². The summed E-state index contributed by atoms with van der Waals surface area (Å²) >= 11 is -2.47. The molecule has 0 saturated heterocycles. The van der Waals surface area contributed by atoms with Crippen LogP contribution in [0, 0.1) is 0 Å². The zero-order valence-electron chi connectivity index (χ0n) is 16.9. The predicted octanol–water partition coefficient (Wildman–Crippen LogP) is 6.83. The van der Waals surface area contributed by atoms with Crippen molar-refractivity contribution in [3.63, 3.8) is 0 Å². The molecule has 24 heavy (non-hydrogen) atoms. The zero-order valence-corrected chi connectivity index (χ0v) is 19.7. The van der Waals surface area contributed by atoms with Crippen LogP contribution in [0.3, 0.4) is 0 Å². The van der Waals surface area contributed by atoms with E-state index >= 15 is 0 Å². The van der Waals surface area contributed by atoms with Crippen LogP contribution in [0.25, 0.3) is 0 Å². The molecule has 0 aliphatic carbocycles. The summed E-state index contributed by atoms with van der Waals surface area (Å²) in [5.41, 5.74) is 1.96. The van der Waals surface area contributed by atoms with Gasteiger partial charge in [0.05, 0.1) is 0 Å². The molecule has 0 radical (unpaired) electrons. The van der Waals surface area contributed by atoms with E-state index in [2.05, 4.69) is 31.4 Å². The van der Waals surface area contributed by atoms with Crippen LogP contribution >= 0.6 is 0 Å². The molecular weight excluding hydrogens is 403 g/mol. The van der Waals surface area contributed by atoms with Gasteiger partial charge in [-0.2, -0.15) is 0 Å². The third kappa shape index (κ3) is 9.90. The minimum absolute atomic E-state index is 0.105. The Morgan fingerprint density at radius 2 is 1.42 bits per heavy atom. The Hall–Kier alpha value is -0.251. The summed E-state index contributed by atoms with van der Waals surface area (Å²) in [5, 5.41) is 0. The van der Waals surface area contributed by atoms with Crippen LogP contribution in [0.4, 0.5) is 0 Å². The van der Waals surface area contributed by atoms with E-state index in [1.54, 1.807) is 0 Å². The Morgan fingerprint density at radius 3 is 1.75 bits per heavy atom. The standard InChI is InChI=1S/C9H13O2.3C4H9.Sn/c1-5-11-9(10)8(4)6-7(2)3;3*1-3-4-2;/h4H,2,5-6H2,1,3H3;3*1,3-4H2,2H3;. The van der Waals surface area contributed by atoms with E-state index in [4.69, 9.17) is 4.74 Å². The monoisotopic (exact) mass is 444 g/mol. The topological polar surface area (TPSA) is 26.3 Å². The second-order valence-corrected chi connectivity index (χ2v) is 20.1. The molecule has 0 spiro atoms. The molecule has 0 atom stereocenters. The van der Waals surface area contributed by atoms with Gasteiger partial charge in [-0.15, -0.1) is 0 Å². The second kappa shape index (κ2) is 14.0. The Bertz CT molecular complexity index is 377. The molecule has 0 aromatic rings. The van der Waals surface area contributed by atoms with Crippen molar-refractivity contribution in [3.8, 4) is 0 Å². The summed E-state index contributed by atoms with van der Waals surface area (Å²) in [6, 6.07) is 0. The van der Waals surface area contributed by atoms with Crippen LogP contribution in [0.15, 0.2) is 21.8 Å². The van der Waals surface area contributed by atoms with Crippen molar-refractivity contribution < 1.29 is 9.53 Å². The Kier molecular flexibility index (Phi) is 13.8. The Morgan fingerprint density at radius 1 is 0.958 bits per heavy atom. The number of rotatable bonds is 14. The van der Waals surface area contributed by atoms with Gasteiger partial charge in [-0.1, -0.05) is 0 Å². The molecule has 0 aromatic carbocycles. The summed E-state index contributed by atoms with van der Waals surface area (Å²) < 4.78 is 12.0. The maximum atomic E-state index is 12.5. The van der Waals surface area contributed by atoms with Gasteiger partial charge in [0.2, 0.25) is 0 Å². The van der Waals surface area contributed by atoms with Gasteiger partial charge >= 0.3 is 155 Å². The minimum atomic E-state index is -2.47. The average Bonchev–Trinajstić information content (AvgIpc) is 2.55. The number of carbonyl (C=O) groups excluding carboxylic acids is 1. The van der Waals surface area contributed by atoms with Crippen molar-refractivity contribution in [2.45, 2.75) is 92.9 Å². The van der Waals surface area contributed by atoms with Crippen LogP contribution in [0.2, 0.25) is 13.3 Å². The van der Waals surface area contributed by atoms with Crippen molar-refractivity contribution in [2.75, 3.05) is 6.61 Å². The van der Waals surface area contributed by atoms with Crippen LogP contribution in [0.1, 0.15) is 79.6 Å². The van der Waals surface area contributed by atoms with Crippen LogP contribution in [0.5, 0.6) is 0 Å². The van der Waals surface area contributed by atoms with Gasteiger partial charge in [0.15, 0.2) is 0 Å². The molecule has 0 rings (SSSR count). The van der Waals surface area contributed by atoms with E-state index < -0.39 is 18.4 Å². The molecule has 0 saturated carbocycles. The third-order valence-corrected chi connectivity index (χ3v) is 18.9. The fourth-order valence-corrected chi connectivity index (χ4v) is 18.4. The molecule has 0 heterocycles. The molecular formula is C21H40O2Sn. The number of esters is 1. The fourth-order valence-electron chi connectivity index (χ4n) is 3.28. The molecule has 0 N–H and O–H groups in total.